The molecular formula is C20H19N3O3S2. The largest absolute Gasteiger partial charge is 0.322 e. The third kappa shape index (κ3) is 4.76. The second kappa shape index (κ2) is 8.12. The lowest BCUT2D eigenvalue weighted by Gasteiger charge is -2.12. The molecule has 0 saturated heterocycles. The monoisotopic (exact) mass is 413 g/mol. The maximum absolute atomic E-state index is 12.7. The molecule has 8 heteroatoms. The van der Waals surface area contributed by atoms with Crippen molar-refractivity contribution in [2.75, 3.05) is 11.6 Å². The molecule has 0 fully saturated rings. The summed E-state index contributed by atoms with van der Waals surface area (Å²) in [4.78, 5) is 22.2. The highest BCUT2D eigenvalue weighted by molar-refractivity contribution is 7.99. The number of rotatable bonds is 5. The Balaban J connectivity index is 1.81. The zero-order valence-electron chi connectivity index (χ0n) is 15.6. The topological polar surface area (TPSA) is 89.0 Å². The van der Waals surface area contributed by atoms with E-state index in [9.17, 15) is 13.2 Å². The van der Waals surface area contributed by atoms with Gasteiger partial charge in [0.25, 0.3) is 5.91 Å². The zero-order valence-corrected chi connectivity index (χ0v) is 17.3. The van der Waals surface area contributed by atoms with Crippen molar-refractivity contribution < 1.29 is 13.2 Å². The van der Waals surface area contributed by atoms with Crippen molar-refractivity contribution >= 4 is 33.2 Å². The molecule has 1 N–H and O–H groups in total. The molecule has 1 aromatic heterocycles. The number of carbonyl (C=O) groups excluding carboxylic acids is 1. The molecule has 0 aliphatic rings. The van der Waals surface area contributed by atoms with Crippen LogP contribution in [0.25, 0.3) is 0 Å². The highest BCUT2D eigenvalue weighted by Gasteiger charge is 2.15. The average molecular weight is 414 g/mol. The quantitative estimate of drug-likeness (QED) is 0.638. The Morgan fingerprint density at radius 3 is 2.36 bits per heavy atom. The van der Waals surface area contributed by atoms with Crippen molar-refractivity contribution in [3.05, 3.63) is 71.5 Å². The first-order chi connectivity index (χ1) is 13.2. The number of carbonyl (C=O) groups is 1. The standard InChI is InChI=1S/C20H19N3O3S2/c1-13-5-7-16(28(3,25)26)12-17(13)19(24)23-18-8-6-15(11-14(18)2)27-20-21-9-4-10-22-20/h4-12H,1-3H3,(H,23,24). The summed E-state index contributed by atoms with van der Waals surface area (Å²) in [6, 6.07) is 11.9. The molecule has 0 aliphatic carbocycles. The number of nitrogens with one attached hydrogen (secondary N) is 1. The van der Waals surface area contributed by atoms with Crippen LogP contribution in [-0.4, -0.2) is 30.5 Å². The van der Waals surface area contributed by atoms with Crippen LogP contribution in [0.3, 0.4) is 0 Å². The van der Waals surface area contributed by atoms with Gasteiger partial charge in [0.1, 0.15) is 0 Å². The summed E-state index contributed by atoms with van der Waals surface area (Å²) in [5.41, 5.74) is 2.58. The number of sulfone groups is 1. The predicted molar refractivity (Wildman–Crippen MR) is 110 cm³/mol. The summed E-state index contributed by atoms with van der Waals surface area (Å²) < 4.78 is 23.5. The van der Waals surface area contributed by atoms with Gasteiger partial charge in [-0.15, -0.1) is 0 Å². The van der Waals surface area contributed by atoms with Crippen molar-refractivity contribution in [2.45, 2.75) is 28.8 Å². The van der Waals surface area contributed by atoms with E-state index >= 15 is 0 Å². The van der Waals surface area contributed by atoms with Crippen molar-refractivity contribution in [2.24, 2.45) is 0 Å². The third-order valence-electron chi connectivity index (χ3n) is 4.08. The molecule has 1 amide bonds. The maximum atomic E-state index is 12.7. The van der Waals surface area contributed by atoms with Gasteiger partial charge in [-0.2, -0.15) is 0 Å². The van der Waals surface area contributed by atoms with Gasteiger partial charge in [-0.1, -0.05) is 6.07 Å². The van der Waals surface area contributed by atoms with Crippen LogP contribution in [0.1, 0.15) is 21.5 Å². The van der Waals surface area contributed by atoms with Gasteiger partial charge in [-0.3, -0.25) is 4.79 Å². The molecule has 3 rings (SSSR count). The minimum atomic E-state index is -3.39. The number of aryl methyl sites for hydroxylation is 2. The molecule has 3 aromatic rings. The van der Waals surface area contributed by atoms with Gasteiger partial charge in [-0.25, -0.2) is 18.4 Å². The van der Waals surface area contributed by atoms with E-state index in [1.165, 1.54) is 23.9 Å². The summed E-state index contributed by atoms with van der Waals surface area (Å²) in [5, 5.41) is 3.51. The summed E-state index contributed by atoms with van der Waals surface area (Å²) in [5.74, 6) is -0.349. The van der Waals surface area contributed by atoms with Gasteiger partial charge in [-0.05, 0) is 73.1 Å². The molecule has 0 saturated carbocycles. The molecule has 0 spiro atoms. The van der Waals surface area contributed by atoms with Gasteiger partial charge in [0.2, 0.25) is 0 Å². The summed E-state index contributed by atoms with van der Waals surface area (Å²) in [6.45, 7) is 3.67. The number of anilines is 1. The minimum absolute atomic E-state index is 0.120. The van der Waals surface area contributed by atoms with Crippen LogP contribution >= 0.6 is 11.8 Å². The van der Waals surface area contributed by atoms with E-state index < -0.39 is 9.84 Å². The van der Waals surface area contributed by atoms with Gasteiger partial charge in [0, 0.05) is 34.8 Å². The van der Waals surface area contributed by atoms with Crippen LogP contribution < -0.4 is 5.32 Å². The van der Waals surface area contributed by atoms with E-state index in [4.69, 9.17) is 0 Å². The SMILES string of the molecule is Cc1cc(Sc2ncccn2)ccc1NC(=O)c1cc(S(C)(=O)=O)ccc1C. The van der Waals surface area contributed by atoms with Crippen LogP contribution in [-0.2, 0) is 9.84 Å². The van der Waals surface area contributed by atoms with Gasteiger partial charge < -0.3 is 5.32 Å². The first-order valence-electron chi connectivity index (χ1n) is 8.41. The number of hydrogen-bond acceptors (Lipinski definition) is 6. The fourth-order valence-electron chi connectivity index (χ4n) is 2.55. The second-order valence-electron chi connectivity index (χ2n) is 6.31. The summed E-state index contributed by atoms with van der Waals surface area (Å²) >= 11 is 1.43. The van der Waals surface area contributed by atoms with Crippen LogP contribution in [0.4, 0.5) is 5.69 Å². The Labute approximate surface area is 168 Å². The highest BCUT2D eigenvalue weighted by Crippen LogP contribution is 2.28. The Morgan fingerprint density at radius 1 is 1.00 bits per heavy atom. The molecule has 1 heterocycles. The predicted octanol–water partition coefficient (Wildman–Crippen LogP) is 3.90. The molecule has 144 valence electrons. The van der Waals surface area contributed by atoms with Crippen molar-refractivity contribution in [1.29, 1.82) is 0 Å². The van der Waals surface area contributed by atoms with Crippen LogP contribution in [0.5, 0.6) is 0 Å². The average Bonchev–Trinajstić information content (AvgIpc) is 2.64. The molecule has 28 heavy (non-hydrogen) atoms. The fourth-order valence-corrected chi connectivity index (χ4v) is 4.01. The number of benzene rings is 2. The van der Waals surface area contributed by atoms with Crippen molar-refractivity contribution in [3.63, 3.8) is 0 Å². The smallest absolute Gasteiger partial charge is 0.255 e. The number of hydrogen-bond donors (Lipinski definition) is 1. The molecule has 0 unspecified atom stereocenters. The first kappa shape index (κ1) is 20.0. The fraction of sp³-hybridized carbons (Fsp3) is 0.150. The van der Waals surface area contributed by atoms with E-state index in [-0.39, 0.29) is 10.8 Å². The van der Waals surface area contributed by atoms with Gasteiger partial charge >= 0.3 is 0 Å². The minimum Gasteiger partial charge on any atom is -0.322 e. The first-order valence-corrected chi connectivity index (χ1v) is 11.1. The second-order valence-corrected chi connectivity index (χ2v) is 9.37. The zero-order chi connectivity index (χ0) is 20.3. The molecule has 2 aromatic carbocycles. The van der Waals surface area contributed by atoms with Crippen molar-refractivity contribution in [1.82, 2.24) is 9.97 Å². The van der Waals surface area contributed by atoms with Crippen molar-refractivity contribution in [3.8, 4) is 0 Å². The lowest BCUT2D eigenvalue weighted by Crippen LogP contribution is -2.15. The molecule has 6 nitrogen and oxygen atoms in total. The van der Waals surface area contributed by atoms with E-state index in [2.05, 4.69) is 15.3 Å². The lowest BCUT2D eigenvalue weighted by atomic mass is 10.1. The van der Waals surface area contributed by atoms with Crippen LogP contribution in [0.2, 0.25) is 0 Å². The number of nitrogens with zero attached hydrogens (tertiary/aromatic N) is 2. The molecule has 0 bridgehead atoms. The van der Waals surface area contributed by atoms with Gasteiger partial charge in [0.05, 0.1) is 4.90 Å². The van der Waals surface area contributed by atoms with E-state index in [1.807, 2.05) is 25.1 Å². The Morgan fingerprint density at radius 2 is 1.71 bits per heavy atom. The van der Waals surface area contributed by atoms with Crippen LogP contribution in [0, 0.1) is 13.8 Å². The Kier molecular flexibility index (Phi) is 5.81. The van der Waals surface area contributed by atoms with E-state index in [0.717, 1.165) is 16.7 Å². The van der Waals surface area contributed by atoms with Gasteiger partial charge in [0.15, 0.2) is 15.0 Å². The molecule has 0 atom stereocenters. The maximum Gasteiger partial charge on any atom is 0.255 e. The van der Waals surface area contributed by atoms with Crippen LogP contribution in [0.15, 0.2) is 69.8 Å². The van der Waals surface area contributed by atoms with E-state index in [0.29, 0.717) is 22.0 Å². The highest BCUT2D eigenvalue weighted by atomic mass is 32.2. The van der Waals surface area contributed by atoms with E-state index in [1.54, 1.807) is 31.5 Å². The normalized spacial score (nSPS) is 11.2. The lowest BCUT2D eigenvalue weighted by molar-refractivity contribution is 0.102. The molecule has 0 aliphatic heterocycles. The Hall–Kier alpha value is -2.71. The summed E-state index contributed by atoms with van der Waals surface area (Å²) in [6.07, 6.45) is 4.49. The number of aromatic nitrogens is 2. The summed E-state index contributed by atoms with van der Waals surface area (Å²) in [7, 11) is -3.39. The number of amides is 1. The third-order valence-corrected chi connectivity index (χ3v) is 6.07. The molecule has 0 radical (unpaired) electrons. The Bertz CT molecular complexity index is 1130. The molecular weight excluding hydrogens is 394 g/mol.